The number of ether oxygens (including phenoxy) is 1. The fourth-order valence-electron chi connectivity index (χ4n) is 3.81. The number of hydrogen-bond acceptors (Lipinski definition) is 5. The van der Waals surface area contributed by atoms with Crippen molar-refractivity contribution in [2.45, 2.75) is 39.3 Å². The highest BCUT2D eigenvalue weighted by atomic mass is 19.1. The second-order valence-corrected chi connectivity index (χ2v) is 8.84. The highest BCUT2D eigenvalue weighted by molar-refractivity contribution is 6.13. The molecule has 0 atom stereocenters. The van der Waals surface area contributed by atoms with Gasteiger partial charge in [0.15, 0.2) is 0 Å². The highest BCUT2D eigenvalue weighted by Crippen LogP contribution is 2.30. The number of para-hydroxylation sites is 1. The van der Waals surface area contributed by atoms with Gasteiger partial charge in [-0.2, -0.15) is 5.26 Å². The van der Waals surface area contributed by atoms with Crippen LogP contribution in [0.15, 0.2) is 42.5 Å². The van der Waals surface area contributed by atoms with Gasteiger partial charge in [0.2, 0.25) is 0 Å². The van der Waals surface area contributed by atoms with Crippen molar-refractivity contribution >= 4 is 28.6 Å². The lowest BCUT2D eigenvalue weighted by atomic mass is 9.95. The summed E-state index contributed by atoms with van der Waals surface area (Å²) in [7, 11) is 0. The van der Waals surface area contributed by atoms with Gasteiger partial charge in [0.05, 0.1) is 23.2 Å². The Balaban J connectivity index is 1.75. The molecule has 1 aromatic heterocycles. The first kappa shape index (κ1) is 22.2. The van der Waals surface area contributed by atoms with Crippen LogP contribution in [0.1, 0.15) is 48.0 Å². The Morgan fingerprint density at radius 2 is 1.97 bits per heavy atom. The van der Waals surface area contributed by atoms with E-state index in [2.05, 4.69) is 5.32 Å². The number of benzene rings is 2. The monoisotopic (exact) mass is 446 g/mol. The second-order valence-electron chi connectivity index (χ2n) is 8.84. The number of carbonyl (C=O) groups excluding carboxylic acids is 2. The largest absolute Gasteiger partial charge is 0.444 e. The SMILES string of the molecule is CC(C)(C)OC(=O)N1CCc2nc3ccccc3c(C(=O)Nc3ccc(F)c(C#N)c3)c2C1. The molecule has 1 N–H and O–H groups in total. The predicted molar refractivity (Wildman–Crippen MR) is 121 cm³/mol. The van der Waals surface area contributed by atoms with Crippen LogP contribution < -0.4 is 5.32 Å². The molecular formula is C25H23FN4O3. The molecule has 8 heteroatoms. The van der Waals surface area contributed by atoms with Crippen LogP contribution in [0.2, 0.25) is 0 Å². The smallest absolute Gasteiger partial charge is 0.410 e. The Kier molecular flexibility index (Phi) is 5.73. The van der Waals surface area contributed by atoms with Gasteiger partial charge < -0.3 is 15.0 Å². The van der Waals surface area contributed by atoms with Crippen LogP contribution in [-0.2, 0) is 17.7 Å². The fourth-order valence-corrected chi connectivity index (χ4v) is 3.81. The van der Waals surface area contributed by atoms with E-state index in [1.807, 2.05) is 18.2 Å². The van der Waals surface area contributed by atoms with E-state index in [0.29, 0.717) is 40.7 Å². The van der Waals surface area contributed by atoms with E-state index in [-0.39, 0.29) is 12.1 Å². The molecule has 2 aromatic carbocycles. The van der Waals surface area contributed by atoms with E-state index in [1.165, 1.54) is 12.1 Å². The molecule has 1 aliphatic heterocycles. The summed E-state index contributed by atoms with van der Waals surface area (Å²) in [5.74, 6) is -1.08. The summed E-state index contributed by atoms with van der Waals surface area (Å²) in [6, 6.07) is 12.9. The molecule has 0 fully saturated rings. The molecule has 0 aliphatic carbocycles. The van der Waals surface area contributed by atoms with E-state index in [0.717, 1.165) is 11.8 Å². The van der Waals surface area contributed by atoms with Crippen molar-refractivity contribution < 1.29 is 18.7 Å². The summed E-state index contributed by atoms with van der Waals surface area (Å²) in [4.78, 5) is 32.4. The van der Waals surface area contributed by atoms with Crippen molar-refractivity contribution in [1.29, 1.82) is 5.26 Å². The van der Waals surface area contributed by atoms with Gasteiger partial charge >= 0.3 is 6.09 Å². The average molecular weight is 446 g/mol. The van der Waals surface area contributed by atoms with E-state index in [9.17, 15) is 14.0 Å². The van der Waals surface area contributed by atoms with Crippen LogP contribution in [0.4, 0.5) is 14.9 Å². The molecule has 0 saturated carbocycles. The Bertz CT molecular complexity index is 1310. The third kappa shape index (κ3) is 4.62. The summed E-state index contributed by atoms with van der Waals surface area (Å²) in [6.45, 7) is 6.01. The number of pyridine rings is 1. The molecule has 0 radical (unpaired) electrons. The van der Waals surface area contributed by atoms with Crippen LogP contribution in [0.3, 0.4) is 0 Å². The molecule has 33 heavy (non-hydrogen) atoms. The number of carbonyl (C=O) groups is 2. The normalized spacial score (nSPS) is 13.2. The number of amides is 2. The zero-order valence-corrected chi connectivity index (χ0v) is 18.6. The molecule has 0 bridgehead atoms. The first-order chi connectivity index (χ1) is 15.7. The minimum absolute atomic E-state index is 0.162. The number of nitriles is 1. The van der Waals surface area contributed by atoms with Crippen molar-refractivity contribution in [3.8, 4) is 6.07 Å². The van der Waals surface area contributed by atoms with Gasteiger partial charge in [-0.05, 0) is 45.0 Å². The standard InChI is InChI=1S/C25H23FN4O3/c1-25(2,3)33-24(32)30-11-10-21-18(14-30)22(17-6-4-5-7-20(17)29-21)23(31)28-16-8-9-19(26)15(12-16)13-27/h4-9,12H,10-11,14H2,1-3H3,(H,28,31). The van der Waals surface area contributed by atoms with Crippen LogP contribution in [0.5, 0.6) is 0 Å². The number of anilines is 1. The molecule has 0 spiro atoms. The lowest BCUT2D eigenvalue weighted by Crippen LogP contribution is -2.41. The lowest BCUT2D eigenvalue weighted by molar-refractivity contribution is 0.0222. The summed E-state index contributed by atoms with van der Waals surface area (Å²) in [6.07, 6.45) is 0.0271. The number of rotatable bonds is 2. The molecule has 1 aliphatic rings. The van der Waals surface area contributed by atoms with Crippen LogP contribution in [-0.4, -0.2) is 34.0 Å². The maximum Gasteiger partial charge on any atom is 0.410 e. The predicted octanol–water partition coefficient (Wildman–Crippen LogP) is 4.79. The van der Waals surface area contributed by atoms with Gasteiger partial charge in [0.1, 0.15) is 17.5 Å². The Hall–Kier alpha value is -3.99. The Labute approximate surface area is 190 Å². The first-order valence-electron chi connectivity index (χ1n) is 10.6. The topological polar surface area (TPSA) is 95.3 Å². The number of nitrogens with zero attached hydrogens (tertiary/aromatic N) is 3. The number of fused-ring (bicyclic) bond motifs is 2. The van der Waals surface area contributed by atoms with E-state index in [4.69, 9.17) is 15.0 Å². The fraction of sp³-hybridized carbons (Fsp3) is 0.280. The third-order valence-corrected chi connectivity index (χ3v) is 5.27. The van der Waals surface area contributed by atoms with Crippen molar-refractivity contribution in [1.82, 2.24) is 9.88 Å². The molecule has 0 unspecified atom stereocenters. The molecule has 7 nitrogen and oxygen atoms in total. The molecule has 3 aromatic rings. The summed E-state index contributed by atoms with van der Waals surface area (Å²) in [5.41, 5.74) is 1.95. The van der Waals surface area contributed by atoms with Gasteiger partial charge in [-0.3, -0.25) is 9.78 Å². The van der Waals surface area contributed by atoms with E-state index < -0.39 is 23.4 Å². The maximum absolute atomic E-state index is 13.7. The molecule has 2 amide bonds. The maximum atomic E-state index is 13.7. The molecule has 0 saturated heterocycles. The van der Waals surface area contributed by atoms with Crippen molar-refractivity contribution in [2.24, 2.45) is 0 Å². The Morgan fingerprint density at radius 1 is 1.21 bits per heavy atom. The quantitative estimate of drug-likeness (QED) is 0.611. The average Bonchev–Trinajstić information content (AvgIpc) is 2.77. The zero-order valence-electron chi connectivity index (χ0n) is 18.6. The van der Waals surface area contributed by atoms with Gasteiger partial charge in [-0.1, -0.05) is 18.2 Å². The van der Waals surface area contributed by atoms with Gasteiger partial charge in [0.25, 0.3) is 5.91 Å². The van der Waals surface area contributed by atoms with Crippen molar-refractivity contribution in [2.75, 3.05) is 11.9 Å². The van der Waals surface area contributed by atoms with Crippen molar-refractivity contribution in [3.63, 3.8) is 0 Å². The summed E-state index contributed by atoms with van der Waals surface area (Å²) >= 11 is 0. The highest BCUT2D eigenvalue weighted by Gasteiger charge is 2.30. The third-order valence-electron chi connectivity index (χ3n) is 5.27. The van der Waals surface area contributed by atoms with Crippen LogP contribution in [0, 0.1) is 17.1 Å². The molecule has 4 rings (SSSR count). The summed E-state index contributed by atoms with van der Waals surface area (Å²) < 4.78 is 19.2. The zero-order chi connectivity index (χ0) is 23.8. The first-order valence-corrected chi connectivity index (χ1v) is 10.6. The van der Waals surface area contributed by atoms with E-state index >= 15 is 0 Å². The minimum atomic E-state index is -0.657. The number of halogens is 1. The second kappa shape index (κ2) is 8.51. The summed E-state index contributed by atoms with van der Waals surface area (Å²) in [5, 5.41) is 12.5. The number of aromatic nitrogens is 1. The molecular weight excluding hydrogens is 423 g/mol. The lowest BCUT2D eigenvalue weighted by Gasteiger charge is -2.32. The molecule has 168 valence electrons. The molecule has 2 heterocycles. The number of nitrogens with one attached hydrogen (secondary N) is 1. The van der Waals surface area contributed by atoms with E-state index in [1.54, 1.807) is 37.8 Å². The van der Waals surface area contributed by atoms with Crippen molar-refractivity contribution in [3.05, 3.63) is 70.7 Å². The van der Waals surface area contributed by atoms with Crippen LogP contribution in [0.25, 0.3) is 10.9 Å². The Morgan fingerprint density at radius 3 is 2.70 bits per heavy atom. The van der Waals surface area contributed by atoms with Crippen LogP contribution >= 0.6 is 0 Å². The van der Waals surface area contributed by atoms with Gasteiger partial charge in [-0.15, -0.1) is 0 Å². The number of hydrogen-bond donors (Lipinski definition) is 1. The minimum Gasteiger partial charge on any atom is -0.444 e. The van der Waals surface area contributed by atoms with Gasteiger partial charge in [0, 0.05) is 35.3 Å². The van der Waals surface area contributed by atoms with Gasteiger partial charge in [-0.25, -0.2) is 9.18 Å².